The largest absolute Gasteiger partial charge is 0.443 e. The van der Waals surface area contributed by atoms with Crippen molar-refractivity contribution in [3.8, 4) is 0 Å². The third-order valence-corrected chi connectivity index (χ3v) is 6.19. The highest BCUT2D eigenvalue weighted by Crippen LogP contribution is 2.41. The third kappa shape index (κ3) is 3.69. The minimum absolute atomic E-state index is 0.0944. The molecule has 2 aliphatic heterocycles. The van der Waals surface area contributed by atoms with Gasteiger partial charge in [0.15, 0.2) is 6.23 Å². The van der Waals surface area contributed by atoms with Gasteiger partial charge in [0.05, 0.1) is 18.2 Å². The molecule has 2 saturated heterocycles. The molecule has 2 aliphatic rings. The lowest BCUT2D eigenvalue weighted by atomic mass is 9.96. The molecule has 0 aliphatic carbocycles. The molecule has 3 atom stereocenters. The van der Waals surface area contributed by atoms with E-state index >= 15 is 0 Å². The van der Waals surface area contributed by atoms with Crippen LogP contribution in [0.1, 0.15) is 44.5 Å². The van der Waals surface area contributed by atoms with Crippen molar-refractivity contribution in [2.45, 2.75) is 51.5 Å². The summed E-state index contributed by atoms with van der Waals surface area (Å²) in [6, 6.07) is 17.8. The number of aromatic nitrogens is 1. The first-order valence-electron chi connectivity index (χ1n) is 11.1. The highest BCUT2D eigenvalue weighted by molar-refractivity contribution is 5.92. The third-order valence-electron chi connectivity index (χ3n) is 6.19. The molecule has 32 heavy (non-hydrogen) atoms. The van der Waals surface area contributed by atoms with E-state index in [1.165, 1.54) is 0 Å². The Morgan fingerprint density at radius 3 is 2.56 bits per heavy atom. The summed E-state index contributed by atoms with van der Waals surface area (Å²) in [6.45, 7) is 6.12. The first-order valence-corrected chi connectivity index (χ1v) is 11.1. The lowest BCUT2D eigenvalue weighted by Crippen LogP contribution is -2.32. The van der Waals surface area contributed by atoms with Gasteiger partial charge in [0, 0.05) is 23.1 Å². The fourth-order valence-electron chi connectivity index (χ4n) is 4.86. The van der Waals surface area contributed by atoms with Gasteiger partial charge in [-0.1, -0.05) is 48.5 Å². The molecule has 0 unspecified atom stereocenters. The van der Waals surface area contributed by atoms with E-state index in [0.717, 1.165) is 28.5 Å². The zero-order chi connectivity index (χ0) is 22.5. The van der Waals surface area contributed by atoms with Crippen molar-refractivity contribution in [3.63, 3.8) is 0 Å². The Morgan fingerprint density at radius 1 is 1.09 bits per heavy atom. The van der Waals surface area contributed by atoms with Gasteiger partial charge in [0.1, 0.15) is 5.60 Å². The number of hydrogen-bond acceptors (Lipinski definition) is 4. The Kier molecular flexibility index (Phi) is 5.05. The Labute approximate surface area is 187 Å². The van der Waals surface area contributed by atoms with E-state index in [1.807, 2.05) is 86.5 Å². The molecule has 0 saturated carbocycles. The number of fused-ring (bicyclic) bond motifs is 2. The monoisotopic (exact) mass is 432 g/mol. The second kappa shape index (κ2) is 7.78. The fraction of sp³-hybridized carbons (Fsp3) is 0.385. The number of benzene rings is 2. The quantitative estimate of drug-likeness (QED) is 0.590. The van der Waals surface area contributed by atoms with Crippen molar-refractivity contribution < 1.29 is 19.1 Å². The van der Waals surface area contributed by atoms with Crippen LogP contribution < -0.4 is 0 Å². The zero-order valence-corrected chi connectivity index (χ0v) is 18.7. The van der Waals surface area contributed by atoms with Gasteiger partial charge in [-0.05, 0) is 45.2 Å². The molecule has 2 aromatic carbocycles. The number of amides is 1. The van der Waals surface area contributed by atoms with Crippen molar-refractivity contribution in [1.82, 2.24) is 9.47 Å². The van der Waals surface area contributed by atoms with Crippen molar-refractivity contribution >= 4 is 22.9 Å². The molecule has 0 bridgehead atoms. The molecule has 3 heterocycles. The average Bonchev–Trinajstić information content (AvgIpc) is 3.42. The van der Waals surface area contributed by atoms with Crippen LogP contribution in [-0.2, 0) is 20.7 Å². The molecule has 166 valence electrons. The van der Waals surface area contributed by atoms with Crippen molar-refractivity contribution in [1.29, 1.82) is 0 Å². The molecule has 0 N–H and O–H groups in total. The summed E-state index contributed by atoms with van der Waals surface area (Å²) < 4.78 is 13.1. The molecule has 3 aromatic rings. The van der Waals surface area contributed by atoms with Gasteiger partial charge in [-0.3, -0.25) is 9.36 Å². The van der Waals surface area contributed by atoms with Crippen LogP contribution >= 0.6 is 0 Å². The minimum Gasteiger partial charge on any atom is -0.443 e. The summed E-state index contributed by atoms with van der Waals surface area (Å²) >= 11 is 0. The number of carbonyl (C=O) groups is 2. The van der Waals surface area contributed by atoms with Crippen molar-refractivity contribution in [2.24, 2.45) is 5.92 Å². The summed E-state index contributed by atoms with van der Waals surface area (Å²) in [5, 5.41) is 0.981. The second-order valence-electron chi connectivity index (χ2n) is 9.65. The molecule has 6 nitrogen and oxygen atoms in total. The van der Waals surface area contributed by atoms with Gasteiger partial charge >= 0.3 is 6.09 Å². The molecule has 0 spiro atoms. The van der Waals surface area contributed by atoms with Crippen LogP contribution in [0.5, 0.6) is 0 Å². The Balaban J connectivity index is 1.41. The Hall–Kier alpha value is -3.12. The van der Waals surface area contributed by atoms with E-state index < -0.39 is 11.7 Å². The molecule has 2 fully saturated rings. The van der Waals surface area contributed by atoms with Crippen LogP contribution in [0.15, 0.2) is 60.8 Å². The maximum atomic E-state index is 13.4. The van der Waals surface area contributed by atoms with Crippen LogP contribution in [0, 0.1) is 5.92 Å². The molecule has 6 heteroatoms. The smallest absolute Gasteiger partial charge is 0.419 e. The Morgan fingerprint density at radius 2 is 1.81 bits per heavy atom. The molecule has 0 radical (unpaired) electrons. The van der Waals surface area contributed by atoms with Crippen LogP contribution in [0.2, 0.25) is 0 Å². The maximum absolute atomic E-state index is 13.4. The SMILES string of the molecule is CC(C)(C)OC(=O)n1cc(C[C@@H]2C[C@H]3CO[C@H](c4ccccc4)N3C2=O)c2ccccc21. The summed E-state index contributed by atoms with van der Waals surface area (Å²) in [5.41, 5.74) is 2.21. The standard InChI is InChI=1S/C26H28N2O4/c1-26(2,3)32-25(30)27-15-19(21-11-7-8-12-22(21)27)13-18-14-20-16-31-24(28(20)23(18)29)17-9-5-4-6-10-17/h4-12,15,18,20,24H,13-14,16H2,1-3H3/t18-,20+,24-/m1/s1. The van der Waals surface area contributed by atoms with E-state index in [9.17, 15) is 9.59 Å². The van der Waals surface area contributed by atoms with Crippen LogP contribution in [0.3, 0.4) is 0 Å². The normalized spacial score (nSPS) is 23.0. The van der Waals surface area contributed by atoms with E-state index in [-0.39, 0.29) is 24.1 Å². The number of rotatable bonds is 3. The van der Waals surface area contributed by atoms with Gasteiger partial charge in [-0.15, -0.1) is 0 Å². The highest BCUT2D eigenvalue weighted by atomic mass is 16.6. The fourth-order valence-corrected chi connectivity index (χ4v) is 4.86. The number of hydrogen-bond donors (Lipinski definition) is 0. The number of para-hydroxylation sites is 1. The van der Waals surface area contributed by atoms with E-state index in [2.05, 4.69) is 0 Å². The average molecular weight is 433 g/mol. The number of carbonyl (C=O) groups excluding carboxylic acids is 2. The number of ether oxygens (including phenoxy) is 2. The lowest BCUT2D eigenvalue weighted by Gasteiger charge is -2.23. The number of nitrogens with zero attached hydrogens (tertiary/aromatic N) is 2. The minimum atomic E-state index is -0.582. The molecular weight excluding hydrogens is 404 g/mol. The van der Waals surface area contributed by atoms with Gasteiger partial charge in [-0.2, -0.15) is 0 Å². The summed E-state index contributed by atoms with van der Waals surface area (Å²) in [5.74, 6) is -0.0107. The van der Waals surface area contributed by atoms with Gasteiger partial charge < -0.3 is 14.4 Å². The lowest BCUT2D eigenvalue weighted by molar-refractivity contribution is -0.137. The first kappa shape index (κ1) is 20.8. The highest BCUT2D eigenvalue weighted by Gasteiger charge is 2.48. The second-order valence-corrected chi connectivity index (χ2v) is 9.65. The van der Waals surface area contributed by atoms with E-state index in [0.29, 0.717) is 13.0 Å². The van der Waals surface area contributed by atoms with Gasteiger partial charge in [0.25, 0.3) is 0 Å². The summed E-state index contributed by atoms with van der Waals surface area (Å²) in [7, 11) is 0. The van der Waals surface area contributed by atoms with E-state index in [1.54, 1.807) is 4.57 Å². The van der Waals surface area contributed by atoms with Crippen molar-refractivity contribution in [2.75, 3.05) is 6.61 Å². The maximum Gasteiger partial charge on any atom is 0.419 e. The molecule has 1 aromatic heterocycles. The molecule has 5 rings (SSSR count). The van der Waals surface area contributed by atoms with Gasteiger partial charge in [0.2, 0.25) is 5.91 Å². The summed E-state index contributed by atoms with van der Waals surface area (Å²) in [6.07, 6.45) is 2.45. The molecular formula is C26H28N2O4. The van der Waals surface area contributed by atoms with Crippen molar-refractivity contribution in [3.05, 3.63) is 71.9 Å². The first-order chi connectivity index (χ1) is 15.3. The Bertz CT molecular complexity index is 1160. The van der Waals surface area contributed by atoms with Crippen LogP contribution in [0.25, 0.3) is 10.9 Å². The zero-order valence-electron chi connectivity index (χ0n) is 18.7. The van der Waals surface area contributed by atoms with Gasteiger partial charge in [-0.25, -0.2) is 4.79 Å². The predicted molar refractivity (Wildman–Crippen MR) is 121 cm³/mol. The topological polar surface area (TPSA) is 60.8 Å². The van der Waals surface area contributed by atoms with Crippen LogP contribution in [0.4, 0.5) is 4.79 Å². The predicted octanol–water partition coefficient (Wildman–Crippen LogP) is 4.91. The molecule has 1 amide bonds. The van der Waals surface area contributed by atoms with E-state index in [4.69, 9.17) is 9.47 Å². The summed E-state index contributed by atoms with van der Waals surface area (Å²) in [4.78, 5) is 28.1. The van der Waals surface area contributed by atoms with Crippen LogP contribution in [-0.4, -0.2) is 39.7 Å².